The Kier molecular flexibility index (Phi) is 1.75. The van der Waals surface area contributed by atoms with Gasteiger partial charge in [-0.2, -0.15) is 0 Å². The summed E-state index contributed by atoms with van der Waals surface area (Å²) < 4.78 is 0. The van der Waals surface area contributed by atoms with E-state index in [0.29, 0.717) is 23.4 Å². The largest absolute Gasteiger partial charge is 0.340 e. The summed E-state index contributed by atoms with van der Waals surface area (Å²) in [5, 5.41) is 0. The number of H-pyrrole nitrogens is 1. The van der Waals surface area contributed by atoms with Gasteiger partial charge in [0, 0.05) is 0 Å². The van der Waals surface area contributed by atoms with Crippen LogP contribution in [0.25, 0.3) is 11.2 Å². The van der Waals surface area contributed by atoms with Gasteiger partial charge in [-0.05, 0) is 0 Å². The van der Waals surface area contributed by atoms with Gasteiger partial charge < -0.3 is 4.98 Å². The molecule has 0 saturated heterocycles. The molecule has 0 fully saturated rings. The Morgan fingerprint density at radius 3 is 3.15 bits per heavy atom. The number of aromatic nitrogens is 4. The Labute approximate surface area is 72.6 Å². The third-order valence-corrected chi connectivity index (χ3v) is 1.47. The lowest BCUT2D eigenvalue weighted by molar-refractivity contribution is -0.109. The van der Waals surface area contributed by atoms with E-state index < -0.39 is 0 Å². The average Bonchev–Trinajstić information content (AvgIpc) is 2.62. The van der Waals surface area contributed by atoms with Crippen molar-refractivity contribution in [2.24, 2.45) is 0 Å². The first-order chi connectivity index (χ1) is 6.42. The summed E-state index contributed by atoms with van der Waals surface area (Å²) >= 11 is 0. The highest BCUT2D eigenvalue weighted by atomic mass is 16.1. The van der Waals surface area contributed by atoms with Crippen LogP contribution in [-0.2, 0) is 4.79 Å². The van der Waals surface area contributed by atoms with E-state index in [1.54, 1.807) is 0 Å². The Hall–Kier alpha value is -2.18. The second-order valence-corrected chi connectivity index (χ2v) is 2.21. The molecular formula is C6H6N6O. The molecule has 66 valence electrons. The van der Waals surface area contributed by atoms with Crippen molar-refractivity contribution >= 4 is 23.4 Å². The standard InChI is InChI=1S/C6H6N6O/c13-3-11-12-6-4-5(8-1-7-4)9-2-10-6/h1-3H,(H,11,13)(H2,7,8,9,10,12). The average molecular weight is 178 g/mol. The summed E-state index contributed by atoms with van der Waals surface area (Å²) in [5.74, 6) is 0.481. The van der Waals surface area contributed by atoms with Crippen LogP contribution in [0.1, 0.15) is 0 Å². The zero-order valence-electron chi connectivity index (χ0n) is 6.48. The first-order valence-electron chi connectivity index (χ1n) is 3.51. The highest BCUT2D eigenvalue weighted by Gasteiger charge is 2.03. The first-order valence-corrected chi connectivity index (χ1v) is 3.51. The van der Waals surface area contributed by atoms with Crippen LogP contribution in [0.4, 0.5) is 5.82 Å². The summed E-state index contributed by atoms with van der Waals surface area (Å²) in [6, 6.07) is 0. The van der Waals surface area contributed by atoms with Crippen LogP contribution in [0.3, 0.4) is 0 Å². The van der Waals surface area contributed by atoms with Gasteiger partial charge in [0.15, 0.2) is 11.5 Å². The fraction of sp³-hybridized carbons (Fsp3) is 0. The normalized spacial score (nSPS) is 9.85. The number of nitrogens with one attached hydrogen (secondary N) is 3. The predicted molar refractivity (Wildman–Crippen MR) is 44.5 cm³/mol. The highest BCUT2D eigenvalue weighted by molar-refractivity contribution is 5.82. The minimum absolute atomic E-state index is 0.481. The smallest absolute Gasteiger partial charge is 0.225 e. The van der Waals surface area contributed by atoms with Gasteiger partial charge in [0.1, 0.15) is 11.8 Å². The molecule has 2 aromatic rings. The summed E-state index contributed by atoms with van der Waals surface area (Å²) in [4.78, 5) is 24.6. The molecule has 2 rings (SSSR count). The first kappa shape index (κ1) is 7.47. The minimum Gasteiger partial charge on any atom is -0.340 e. The number of nitrogens with zero attached hydrogens (tertiary/aromatic N) is 3. The van der Waals surface area contributed by atoms with Crippen LogP contribution in [0, 0.1) is 0 Å². The zero-order chi connectivity index (χ0) is 9.10. The van der Waals surface area contributed by atoms with Crippen LogP contribution in [0.15, 0.2) is 12.7 Å². The molecule has 3 N–H and O–H groups in total. The maximum atomic E-state index is 10.0. The number of carbonyl (C=O) groups excluding carboxylic acids is 1. The predicted octanol–water partition coefficient (Wildman–Crippen LogP) is -0.574. The highest BCUT2D eigenvalue weighted by Crippen LogP contribution is 2.12. The number of carbonyl (C=O) groups is 1. The minimum atomic E-state index is 0.481. The number of fused-ring (bicyclic) bond motifs is 1. The lowest BCUT2D eigenvalue weighted by atomic mass is 10.5. The van der Waals surface area contributed by atoms with Crippen LogP contribution in [0.5, 0.6) is 0 Å². The number of hydrogen-bond acceptors (Lipinski definition) is 5. The molecule has 0 radical (unpaired) electrons. The molecule has 0 unspecified atom stereocenters. The molecule has 0 spiro atoms. The van der Waals surface area contributed by atoms with Gasteiger partial charge in [-0.25, -0.2) is 15.0 Å². The number of imidazole rings is 1. The summed E-state index contributed by atoms with van der Waals surface area (Å²) in [6.45, 7) is 0. The fourth-order valence-corrected chi connectivity index (χ4v) is 0.958. The van der Waals surface area contributed by atoms with Gasteiger partial charge in [-0.3, -0.25) is 15.6 Å². The SMILES string of the molecule is O=CNNc1ncnc2nc[nH]c12. The summed E-state index contributed by atoms with van der Waals surface area (Å²) in [7, 11) is 0. The fourth-order valence-electron chi connectivity index (χ4n) is 0.958. The quantitative estimate of drug-likeness (QED) is 0.432. The van der Waals surface area contributed by atoms with Crippen molar-refractivity contribution in [3.8, 4) is 0 Å². The third-order valence-electron chi connectivity index (χ3n) is 1.47. The van der Waals surface area contributed by atoms with Crippen molar-refractivity contribution in [3.05, 3.63) is 12.7 Å². The number of hydrazine groups is 1. The number of aromatic amines is 1. The van der Waals surface area contributed by atoms with Gasteiger partial charge >= 0.3 is 0 Å². The monoisotopic (exact) mass is 178 g/mol. The van der Waals surface area contributed by atoms with Gasteiger partial charge in [0.05, 0.1) is 6.33 Å². The maximum absolute atomic E-state index is 10.0. The van der Waals surface area contributed by atoms with Crippen molar-refractivity contribution in [1.29, 1.82) is 0 Å². The number of amides is 1. The van der Waals surface area contributed by atoms with Crippen LogP contribution >= 0.6 is 0 Å². The molecule has 1 amide bonds. The van der Waals surface area contributed by atoms with Crippen molar-refractivity contribution < 1.29 is 4.79 Å². The Balaban J connectivity index is 2.42. The number of hydrogen-bond donors (Lipinski definition) is 3. The molecule has 0 aliphatic carbocycles. The van der Waals surface area contributed by atoms with Crippen molar-refractivity contribution in [2.75, 3.05) is 5.43 Å². The summed E-state index contributed by atoms with van der Waals surface area (Å²) in [6.07, 6.45) is 3.38. The molecule has 7 heteroatoms. The van der Waals surface area contributed by atoms with E-state index in [-0.39, 0.29) is 0 Å². The number of anilines is 1. The molecule has 2 heterocycles. The Morgan fingerprint density at radius 2 is 2.31 bits per heavy atom. The molecule has 0 aromatic carbocycles. The molecule has 13 heavy (non-hydrogen) atoms. The molecule has 2 aromatic heterocycles. The van der Waals surface area contributed by atoms with E-state index in [1.165, 1.54) is 12.7 Å². The van der Waals surface area contributed by atoms with Gasteiger partial charge in [0.25, 0.3) is 0 Å². The van der Waals surface area contributed by atoms with E-state index >= 15 is 0 Å². The molecule has 0 aliphatic heterocycles. The molecule has 0 atom stereocenters. The van der Waals surface area contributed by atoms with Crippen LogP contribution in [0.2, 0.25) is 0 Å². The lowest BCUT2D eigenvalue weighted by Gasteiger charge is -2.01. The number of rotatable bonds is 3. The van der Waals surface area contributed by atoms with Crippen LogP contribution in [-0.4, -0.2) is 26.3 Å². The Bertz CT molecular complexity index is 424. The van der Waals surface area contributed by atoms with Crippen LogP contribution < -0.4 is 10.9 Å². The summed E-state index contributed by atoms with van der Waals surface area (Å²) in [5.41, 5.74) is 6.06. The van der Waals surface area contributed by atoms with Gasteiger partial charge in [-0.1, -0.05) is 0 Å². The van der Waals surface area contributed by atoms with E-state index in [1.807, 2.05) is 0 Å². The lowest BCUT2D eigenvalue weighted by Crippen LogP contribution is -2.20. The molecule has 0 saturated carbocycles. The zero-order valence-corrected chi connectivity index (χ0v) is 6.48. The second kappa shape index (κ2) is 3.05. The molecule has 7 nitrogen and oxygen atoms in total. The molecular weight excluding hydrogens is 172 g/mol. The topological polar surface area (TPSA) is 95.6 Å². The maximum Gasteiger partial charge on any atom is 0.225 e. The van der Waals surface area contributed by atoms with Gasteiger partial charge in [-0.15, -0.1) is 0 Å². The van der Waals surface area contributed by atoms with Crippen molar-refractivity contribution in [2.45, 2.75) is 0 Å². The van der Waals surface area contributed by atoms with Crippen molar-refractivity contribution in [1.82, 2.24) is 25.4 Å². The Morgan fingerprint density at radius 1 is 1.38 bits per heavy atom. The van der Waals surface area contributed by atoms with Gasteiger partial charge in [0.2, 0.25) is 6.41 Å². The molecule has 0 bridgehead atoms. The van der Waals surface area contributed by atoms with E-state index in [0.717, 1.165) is 0 Å². The second-order valence-electron chi connectivity index (χ2n) is 2.21. The van der Waals surface area contributed by atoms with E-state index in [9.17, 15) is 4.79 Å². The third kappa shape index (κ3) is 1.26. The van der Waals surface area contributed by atoms with E-state index in [2.05, 4.69) is 30.8 Å². The molecule has 0 aliphatic rings. The van der Waals surface area contributed by atoms with E-state index in [4.69, 9.17) is 0 Å². The van der Waals surface area contributed by atoms with Crippen molar-refractivity contribution in [3.63, 3.8) is 0 Å².